The number of para-hydroxylation sites is 1. The van der Waals surface area contributed by atoms with E-state index in [1.165, 1.54) is 0 Å². The fourth-order valence-electron chi connectivity index (χ4n) is 1.08. The number of hydrogen-bond donors (Lipinski definition) is 0. The van der Waals surface area contributed by atoms with Crippen LogP contribution in [0.4, 0.5) is 0 Å². The molecule has 0 radical (unpaired) electrons. The zero-order valence-electron chi connectivity index (χ0n) is 6.59. The van der Waals surface area contributed by atoms with Gasteiger partial charge in [-0.2, -0.15) is 0 Å². The van der Waals surface area contributed by atoms with Gasteiger partial charge in [-0.1, -0.05) is 23.2 Å². The van der Waals surface area contributed by atoms with E-state index in [1.807, 2.05) is 47.2 Å². The number of aromatic nitrogens is 2. The van der Waals surface area contributed by atoms with Crippen LogP contribution in [0.15, 0.2) is 55.1 Å². The lowest BCUT2D eigenvalue weighted by atomic mass is 10.3. The van der Waals surface area contributed by atoms with Crippen LogP contribution in [0.5, 0.6) is 0 Å². The van der Waals surface area contributed by atoms with Crippen molar-refractivity contribution in [3.8, 4) is 5.69 Å². The molecular formula is C10H9N2+. The van der Waals surface area contributed by atoms with E-state index in [1.54, 1.807) is 12.5 Å². The average molecular weight is 157 g/mol. The number of nitrogens with zero attached hydrogens (tertiary/aromatic N) is 2. The fourth-order valence-corrected chi connectivity index (χ4v) is 1.08. The second-order valence-electron chi connectivity index (χ2n) is 2.50. The first kappa shape index (κ1) is 6.98. The summed E-state index contributed by atoms with van der Waals surface area (Å²) in [6, 6.07) is 12.0. The summed E-state index contributed by atoms with van der Waals surface area (Å²) < 4.78 is 1.97. The molecule has 1 aromatic carbocycles. The van der Waals surface area contributed by atoms with Crippen molar-refractivity contribution < 1.29 is 4.57 Å². The Balaban J connectivity index is 2.46. The van der Waals surface area contributed by atoms with Gasteiger partial charge < -0.3 is 0 Å². The van der Waals surface area contributed by atoms with Crippen LogP contribution < -0.4 is 4.57 Å². The summed E-state index contributed by atoms with van der Waals surface area (Å²) in [5, 5.41) is 0. The van der Waals surface area contributed by atoms with E-state index in [0.717, 1.165) is 5.69 Å². The van der Waals surface area contributed by atoms with Gasteiger partial charge in [-0.25, -0.2) is 4.57 Å². The zero-order valence-corrected chi connectivity index (χ0v) is 6.59. The van der Waals surface area contributed by atoms with Crippen LogP contribution in [0.1, 0.15) is 0 Å². The molecule has 1 aromatic heterocycles. The van der Waals surface area contributed by atoms with E-state index in [9.17, 15) is 0 Å². The third-order valence-corrected chi connectivity index (χ3v) is 1.66. The quantitative estimate of drug-likeness (QED) is 0.571. The summed E-state index contributed by atoms with van der Waals surface area (Å²) in [6.45, 7) is 0. The third kappa shape index (κ3) is 1.32. The monoisotopic (exact) mass is 157 g/mol. The lowest BCUT2D eigenvalue weighted by Crippen LogP contribution is -2.29. The van der Waals surface area contributed by atoms with Crippen LogP contribution in [0.2, 0.25) is 0 Å². The van der Waals surface area contributed by atoms with Gasteiger partial charge in [-0.15, -0.1) is 0 Å². The third-order valence-electron chi connectivity index (χ3n) is 1.66. The predicted molar refractivity (Wildman–Crippen MR) is 45.8 cm³/mol. The lowest BCUT2D eigenvalue weighted by Gasteiger charge is -1.94. The topological polar surface area (TPSA) is 16.8 Å². The molecule has 58 valence electrons. The Bertz CT molecular complexity index is 305. The van der Waals surface area contributed by atoms with Gasteiger partial charge in [0.1, 0.15) is 11.9 Å². The molecule has 2 nitrogen and oxygen atoms in total. The van der Waals surface area contributed by atoms with E-state index >= 15 is 0 Å². The number of rotatable bonds is 1. The highest BCUT2D eigenvalue weighted by Crippen LogP contribution is 1.95. The summed E-state index contributed by atoms with van der Waals surface area (Å²) in [6.07, 6.45) is 5.52. The van der Waals surface area contributed by atoms with Gasteiger partial charge in [-0.05, 0) is 12.1 Å². The largest absolute Gasteiger partial charge is 0.291 e. The van der Waals surface area contributed by atoms with Crippen molar-refractivity contribution in [1.29, 1.82) is 0 Å². The Labute approximate surface area is 71.1 Å². The summed E-state index contributed by atoms with van der Waals surface area (Å²) in [5.74, 6) is 0. The minimum atomic E-state index is 1.13. The van der Waals surface area contributed by atoms with Gasteiger partial charge >= 0.3 is 0 Å². The highest BCUT2D eigenvalue weighted by atomic mass is 15.0. The van der Waals surface area contributed by atoms with Gasteiger partial charge in [0.25, 0.3) is 6.33 Å². The molecule has 0 aliphatic carbocycles. The Morgan fingerprint density at radius 2 is 1.83 bits per heavy atom. The van der Waals surface area contributed by atoms with Gasteiger partial charge in [-0.3, -0.25) is 0 Å². The molecule has 0 N–H and O–H groups in total. The van der Waals surface area contributed by atoms with E-state index in [-0.39, 0.29) is 0 Å². The van der Waals surface area contributed by atoms with E-state index in [2.05, 4.69) is 4.98 Å². The molecule has 0 aliphatic rings. The second-order valence-corrected chi connectivity index (χ2v) is 2.50. The summed E-state index contributed by atoms with van der Waals surface area (Å²) in [7, 11) is 0. The molecule has 0 fully saturated rings. The Kier molecular flexibility index (Phi) is 1.82. The zero-order chi connectivity index (χ0) is 8.23. The van der Waals surface area contributed by atoms with Crippen LogP contribution in [0.25, 0.3) is 5.69 Å². The normalized spacial score (nSPS) is 9.67. The first-order valence-corrected chi connectivity index (χ1v) is 3.83. The molecule has 0 saturated heterocycles. The van der Waals surface area contributed by atoms with E-state index < -0.39 is 0 Å². The fraction of sp³-hybridized carbons (Fsp3) is 0. The molecule has 2 rings (SSSR count). The molecule has 0 aliphatic heterocycles. The van der Waals surface area contributed by atoms with Gasteiger partial charge in [0.2, 0.25) is 0 Å². The maximum atomic E-state index is 4.02. The molecule has 0 spiro atoms. The summed E-state index contributed by atoms with van der Waals surface area (Å²) in [4.78, 5) is 4.02. The highest BCUT2D eigenvalue weighted by Gasteiger charge is 1.97. The van der Waals surface area contributed by atoms with Crippen molar-refractivity contribution in [1.82, 2.24) is 4.98 Å². The van der Waals surface area contributed by atoms with Crippen LogP contribution in [0, 0.1) is 0 Å². The van der Waals surface area contributed by atoms with Gasteiger partial charge in [0.05, 0.1) is 6.20 Å². The molecule has 0 saturated carbocycles. The minimum Gasteiger partial charge on any atom is -0.203 e. The Morgan fingerprint density at radius 3 is 2.50 bits per heavy atom. The maximum absolute atomic E-state index is 4.02. The van der Waals surface area contributed by atoms with Gasteiger partial charge in [0.15, 0.2) is 0 Å². The number of benzene rings is 1. The molecule has 2 aromatic rings. The van der Waals surface area contributed by atoms with Crippen molar-refractivity contribution in [2.24, 2.45) is 0 Å². The van der Waals surface area contributed by atoms with Crippen LogP contribution in [0.3, 0.4) is 0 Å². The van der Waals surface area contributed by atoms with E-state index in [0.29, 0.717) is 0 Å². The number of hydrogen-bond acceptors (Lipinski definition) is 1. The van der Waals surface area contributed by atoms with Crippen molar-refractivity contribution >= 4 is 0 Å². The Morgan fingerprint density at radius 1 is 1.00 bits per heavy atom. The molecule has 0 unspecified atom stereocenters. The van der Waals surface area contributed by atoms with Gasteiger partial charge in [0, 0.05) is 6.07 Å². The summed E-state index contributed by atoms with van der Waals surface area (Å²) >= 11 is 0. The van der Waals surface area contributed by atoms with Crippen molar-refractivity contribution in [3.63, 3.8) is 0 Å². The molecular weight excluding hydrogens is 148 g/mol. The van der Waals surface area contributed by atoms with Crippen LogP contribution in [-0.2, 0) is 0 Å². The standard InChI is InChI=1S/C10H9N2/c1-2-5-10(6-3-1)12-8-4-7-11-9-12/h1-9H/q+1. The molecule has 2 heteroatoms. The highest BCUT2D eigenvalue weighted by molar-refractivity contribution is 5.20. The SMILES string of the molecule is c1ccc(-[n+]2cccnc2)cc1. The predicted octanol–water partition coefficient (Wildman–Crippen LogP) is 1.36. The molecule has 0 atom stereocenters. The maximum Gasteiger partial charge on any atom is 0.291 e. The molecule has 0 amide bonds. The van der Waals surface area contributed by atoms with Crippen LogP contribution >= 0.6 is 0 Å². The second kappa shape index (κ2) is 3.13. The van der Waals surface area contributed by atoms with Crippen LogP contribution in [-0.4, -0.2) is 4.98 Å². The lowest BCUT2D eigenvalue weighted by molar-refractivity contribution is -0.599. The molecule has 12 heavy (non-hydrogen) atoms. The molecule has 0 bridgehead atoms. The van der Waals surface area contributed by atoms with Crippen molar-refractivity contribution in [2.45, 2.75) is 0 Å². The smallest absolute Gasteiger partial charge is 0.203 e. The molecule has 1 heterocycles. The first-order chi connectivity index (χ1) is 5.97. The van der Waals surface area contributed by atoms with Crippen molar-refractivity contribution in [3.05, 3.63) is 55.1 Å². The van der Waals surface area contributed by atoms with E-state index in [4.69, 9.17) is 0 Å². The first-order valence-electron chi connectivity index (χ1n) is 3.83. The van der Waals surface area contributed by atoms with Crippen molar-refractivity contribution in [2.75, 3.05) is 0 Å². The Hall–Kier alpha value is -1.70. The minimum absolute atomic E-state index is 1.13. The summed E-state index contributed by atoms with van der Waals surface area (Å²) in [5.41, 5.74) is 1.13. The average Bonchev–Trinajstić information content (AvgIpc) is 2.21.